The number of rotatable bonds is 4. The first-order valence-corrected chi connectivity index (χ1v) is 5.68. The van der Waals surface area contributed by atoms with Crippen LogP contribution in [-0.2, 0) is 0 Å². The van der Waals surface area contributed by atoms with Crippen molar-refractivity contribution in [3.05, 3.63) is 28.8 Å². The van der Waals surface area contributed by atoms with Crippen LogP contribution < -0.4 is 4.74 Å². The van der Waals surface area contributed by atoms with E-state index in [1.165, 1.54) is 0 Å². The Labute approximate surface area is 102 Å². The van der Waals surface area contributed by atoms with Crippen molar-refractivity contribution in [2.75, 3.05) is 7.11 Å². The van der Waals surface area contributed by atoms with E-state index in [0.717, 1.165) is 6.42 Å². The number of halogens is 1. The van der Waals surface area contributed by atoms with Crippen molar-refractivity contribution in [2.24, 2.45) is 5.41 Å². The van der Waals surface area contributed by atoms with Crippen LogP contribution in [0.25, 0.3) is 0 Å². The molecule has 3 heteroatoms. The smallest absolute Gasteiger partial charge is 0.170 e. The normalized spacial score (nSPS) is 11.3. The summed E-state index contributed by atoms with van der Waals surface area (Å²) in [5.74, 6) is 0.707. The quantitative estimate of drug-likeness (QED) is 0.745. The Kier molecular flexibility index (Phi) is 3.98. The number of Topliss-reactive ketones (excluding diaryl/α,β-unsaturated/α-hetero) is 1. The lowest BCUT2D eigenvalue weighted by molar-refractivity contribution is 0.0833. The highest BCUT2D eigenvalue weighted by Gasteiger charge is 2.28. The van der Waals surface area contributed by atoms with Crippen molar-refractivity contribution >= 4 is 17.4 Å². The van der Waals surface area contributed by atoms with E-state index < -0.39 is 5.41 Å². The number of benzene rings is 1. The fourth-order valence-electron chi connectivity index (χ4n) is 1.33. The molecule has 1 aromatic rings. The van der Waals surface area contributed by atoms with E-state index in [2.05, 4.69) is 0 Å². The summed E-state index contributed by atoms with van der Waals surface area (Å²) in [6, 6.07) is 5.14. The highest BCUT2D eigenvalue weighted by molar-refractivity contribution is 6.34. The van der Waals surface area contributed by atoms with Crippen molar-refractivity contribution in [2.45, 2.75) is 27.2 Å². The average Bonchev–Trinajstić information content (AvgIpc) is 2.29. The molecule has 0 saturated carbocycles. The van der Waals surface area contributed by atoms with Crippen LogP contribution in [0.5, 0.6) is 5.75 Å². The predicted octanol–water partition coefficient (Wildman–Crippen LogP) is 3.97. The highest BCUT2D eigenvalue weighted by Crippen LogP contribution is 2.31. The van der Waals surface area contributed by atoms with Gasteiger partial charge in [-0.1, -0.05) is 32.4 Å². The monoisotopic (exact) mass is 240 g/mol. The number of ether oxygens (including phenoxy) is 1. The molecular formula is C13H17ClO2. The van der Waals surface area contributed by atoms with E-state index in [1.807, 2.05) is 20.8 Å². The minimum absolute atomic E-state index is 0.0545. The maximum absolute atomic E-state index is 12.2. The number of carbonyl (C=O) groups excluding carboxylic acids is 1. The first-order valence-electron chi connectivity index (χ1n) is 5.30. The first kappa shape index (κ1) is 13.0. The van der Waals surface area contributed by atoms with E-state index >= 15 is 0 Å². The molecule has 0 aromatic heterocycles. The van der Waals surface area contributed by atoms with Gasteiger partial charge in [-0.25, -0.2) is 0 Å². The van der Waals surface area contributed by atoms with Gasteiger partial charge in [-0.15, -0.1) is 0 Å². The second-order valence-electron chi connectivity index (χ2n) is 4.41. The Morgan fingerprint density at radius 2 is 2.06 bits per heavy atom. The van der Waals surface area contributed by atoms with Gasteiger partial charge in [0.05, 0.1) is 12.1 Å². The van der Waals surface area contributed by atoms with E-state index in [9.17, 15) is 4.79 Å². The maximum atomic E-state index is 12.2. The molecule has 1 rings (SSSR count). The van der Waals surface area contributed by atoms with Crippen molar-refractivity contribution in [1.82, 2.24) is 0 Å². The Morgan fingerprint density at radius 3 is 2.56 bits per heavy atom. The molecule has 88 valence electrons. The van der Waals surface area contributed by atoms with Crippen LogP contribution in [0.3, 0.4) is 0 Å². The third-order valence-electron chi connectivity index (χ3n) is 2.92. The lowest BCUT2D eigenvalue weighted by Crippen LogP contribution is -2.23. The number of ketones is 1. The zero-order valence-corrected chi connectivity index (χ0v) is 10.9. The van der Waals surface area contributed by atoms with Gasteiger partial charge in [-0.2, -0.15) is 0 Å². The molecule has 0 saturated heterocycles. The zero-order chi connectivity index (χ0) is 12.3. The van der Waals surface area contributed by atoms with Crippen LogP contribution >= 0.6 is 11.6 Å². The van der Waals surface area contributed by atoms with E-state index in [1.54, 1.807) is 25.3 Å². The molecular weight excluding hydrogens is 224 g/mol. The van der Waals surface area contributed by atoms with Gasteiger partial charge in [-0.05, 0) is 24.6 Å². The average molecular weight is 241 g/mol. The minimum atomic E-state index is -0.393. The molecule has 0 spiro atoms. The van der Waals surface area contributed by atoms with Crippen molar-refractivity contribution < 1.29 is 9.53 Å². The summed E-state index contributed by atoms with van der Waals surface area (Å²) in [7, 11) is 1.57. The Balaban J connectivity index is 3.17. The topological polar surface area (TPSA) is 26.3 Å². The molecule has 0 bridgehead atoms. The summed E-state index contributed by atoms with van der Waals surface area (Å²) < 4.78 is 5.10. The molecule has 16 heavy (non-hydrogen) atoms. The van der Waals surface area contributed by atoms with Crippen molar-refractivity contribution in [1.29, 1.82) is 0 Å². The van der Waals surface area contributed by atoms with Crippen LogP contribution in [-0.4, -0.2) is 12.9 Å². The molecule has 0 unspecified atom stereocenters. The number of hydrogen-bond acceptors (Lipinski definition) is 2. The van der Waals surface area contributed by atoms with E-state index in [4.69, 9.17) is 16.3 Å². The van der Waals surface area contributed by atoms with E-state index in [0.29, 0.717) is 16.3 Å². The van der Waals surface area contributed by atoms with Gasteiger partial charge in [0.15, 0.2) is 5.78 Å². The molecule has 0 radical (unpaired) electrons. The number of carbonyl (C=O) groups is 1. The van der Waals surface area contributed by atoms with Gasteiger partial charge in [0.2, 0.25) is 0 Å². The number of methoxy groups -OCH3 is 1. The standard InChI is InChI=1S/C13H17ClO2/c1-5-13(2,3)12(15)10-8-9(16-4)6-7-11(10)14/h6-8H,5H2,1-4H3. The summed E-state index contributed by atoms with van der Waals surface area (Å²) in [4.78, 5) is 12.2. The van der Waals surface area contributed by atoms with Gasteiger partial charge < -0.3 is 4.74 Å². The molecule has 0 aliphatic heterocycles. The molecule has 0 fully saturated rings. The first-order chi connectivity index (χ1) is 7.42. The molecule has 0 amide bonds. The van der Waals surface area contributed by atoms with Crippen LogP contribution in [0.15, 0.2) is 18.2 Å². The molecule has 1 aromatic carbocycles. The summed E-state index contributed by atoms with van der Waals surface area (Å²) in [5, 5.41) is 0.479. The highest BCUT2D eigenvalue weighted by atomic mass is 35.5. The molecule has 0 aliphatic carbocycles. The lowest BCUT2D eigenvalue weighted by atomic mass is 9.82. The van der Waals surface area contributed by atoms with Gasteiger partial charge in [0.1, 0.15) is 5.75 Å². The predicted molar refractivity (Wildman–Crippen MR) is 66.4 cm³/mol. The number of hydrogen-bond donors (Lipinski definition) is 0. The fourth-order valence-corrected chi connectivity index (χ4v) is 1.53. The molecule has 0 aliphatic rings. The summed E-state index contributed by atoms with van der Waals surface area (Å²) in [5.41, 5.74) is 0.142. The zero-order valence-electron chi connectivity index (χ0n) is 10.1. The molecule has 0 N–H and O–H groups in total. The Hall–Kier alpha value is -1.02. The molecule has 0 heterocycles. The summed E-state index contributed by atoms with van der Waals surface area (Å²) >= 11 is 6.03. The molecule has 2 nitrogen and oxygen atoms in total. The maximum Gasteiger partial charge on any atom is 0.170 e. The second-order valence-corrected chi connectivity index (χ2v) is 4.82. The second kappa shape index (κ2) is 4.88. The van der Waals surface area contributed by atoms with Crippen molar-refractivity contribution in [3.63, 3.8) is 0 Å². The lowest BCUT2D eigenvalue weighted by Gasteiger charge is -2.21. The fraction of sp³-hybridized carbons (Fsp3) is 0.462. The van der Waals surface area contributed by atoms with Gasteiger partial charge >= 0.3 is 0 Å². The van der Waals surface area contributed by atoms with E-state index in [-0.39, 0.29) is 5.78 Å². The van der Waals surface area contributed by atoms with Crippen molar-refractivity contribution in [3.8, 4) is 5.75 Å². The van der Waals surface area contributed by atoms with Crippen LogP contribution in [0.1, 0.15) is 37.6 Å². The molecule has 0 atom stereocenters. The SMILES string of the molecule is CCC(C)(C)C(=O)c1cc(OC)ccc1Cl. The van der Waals surface area contributed by atoms with Crippen LogP contribution in [0.2, 0.25) is 5.02 Å². The third-order valence-corrected chi connectivity index (χ3v) is 3.25. The summed E-state index contributed by atoms with van der Waals surface area (Å²) in [6.45, 7) is 5.84. The van der Waals surface area contributed by atoms with Crippen LogP contribution in [0.4, 0.5) is 0 Å². The Bertz CT molecular complexity index is 397. The third kappa shape index (κ3) is 2.56. The largest absolute Gasteiger partial charge is 0.497 e. The van der Waals surface area contributed by atoms with Gasteiger partial charge in [0, 0.05) is 11.0 Å². The van der Waals surface area contributed by atoms with Crippen LogP contribution in [0, 0.1) is 5.41 Å². The minimum Gasteiger partial charge on any atom is -0.497 e. The Morgan fingerprint density at radius 1 is 1.44 bits per heavy atom. The van der Waals surface area contributed by atoms with Gasteiger partial charge in [0.25, 0.3) is 0 Å². The summed E-state index contributed by atoms with van der Waals surface area (Å²) in [6.07, 6.45) is 0.777. The van der Waals surface area contributed by atoms with Gasteiger partial charge in [-0.3, -0.25) is 4.79 Å².